The van der Waals surface area contributed by atoms with E-state index in [1.54, 1.807) is 0 Å². The average molecular weight is 187 g/mol. The van der Waals surface area contributed by atoms with Crippen LogP contribution in [0.1, 0.15) is 19.3 Å². The van der Waals surface area contributed by atoms with Crippen LogP contribution in [0.15, 0.2) is 0 Å². The van der Waals surface area contributed by atoms with E-state index >= 15 is 0 Å². The maximum Gasteiger partial charge on any atom is 0.0739 e. The fraction of sp³-hybridized carbons (Fsp3) is 1.00. The first-order valence-corrected chi connectivity index (χ1v) is 5.95. The van der Waals surface area contributed by atoms with Crippen molar-refractivity contribution in [1.29, 1.82) is 0 Å². The van der Waals surface area contributed by atoms with E-state index < -0.39 is 0 Å². The maximum absolute atomic E-state index is 5.89. The highest BCUT2D eigenvalue weighted by Gasteiger charge is 2.43. The van der Waals surface area contributed by atoms with E-state index in [-0.39, 0.29) is 5.60 Å². The predicted molar refractivity (Wildman–Crippen MR) is 52.4 cm³/mol. The van der Waals surface area contributed by atoms with Crippen molar-refractivity contribution < 1.29 is 4.74 Å². The Bertz CT molecular complexity index is 157. The zero-order valence-electron chi connectivity index (χ0n) is 7.42. The molecule has 2 N–H and O–H groups in total. The molecule has 2 saturated heterocycles. The minimum atomic E-state index is 0.194. The first-order chi connectivity index (χ1) is 5.87. The van der Waals surface area contributed by atoms with Gasteiger partial charge in [0.1, 0.15) is 0 Å². The fourth-order valence-corrected chi connectivity index (χ4v) is 3.57. The van der Waals surface area contributed by atoms with Gasteiger partial charge in [-0.1, -0.05) is 0 Å². The van der Waals surface area contributed by atoms with Gasteiger partial charge in [0.05, 0.1) is 5.60 Å². The van der Waals surface area contributed by atoms with Gasteiger partial charge in [0.25, 0.3) is 0 Å². The molecule has 0 aromatic rings. The molecule has 0 bridgehead atoms. The van der Waals surface area contributed by atoms with Crippen molar-refractivity contribution in [3.8, 4) is 0 Å². The minimum Gasteiger partial charge on any atom is -0.375 e. The summed E-state index contributed by atoms with van der Waals surface area (Å²) >= 11 is 2.05. The van der Waals surface area contributed by atoms with Crippen molar-refractivity contribution >= 4 is 11.8 Å². The molecule has 0 amide bonds. The Balaban J connectivity index is 2.05. The molecule has 3 heteroatoms. The van der Waals surface area contributed by atoms with Crippen molar-refractivity contribution in [1.82, 2.24) is 0 Å². The molecule has 2 heterocycles. The highest BCUT2D eigenvalue weighted by molar-refractivity contribution is 7.99. The molecule has 1 unspecified atom stereocenters. The smallest absolute Gasteiger partial charge is 0.0739 e. The standard InChI is InChI=1S/C9H17NOS/c10-7-8-1-4-11-9(8)2-5-12-6-3-9/h8H,1-7,10H2. The first kappa shape index (κ1) is 8.85. The van der Waals surface area contributed by atoms with Crippen LogP contribution in [-0.2, 0) is 4.74 Å². The summed E-state index contributed by atoms with van der Waals surface area (Å²) in [6.45, 7) is 1.75. The molecule has 0 aromatic carbocycles. The monoisotopic (exact) mass is 187 g/mol. The molecule has 0 radical (unpaired) electrons. The lowest BCUT2D eigenvalue weighted by molar-refractivity contribution is -0.0261. The SMILES string of the molecule is NCC1CCOC12CCSCC2. The van der Waals surface area contributed by atoms with Gasteiger partial charge in [-0.3, -0.25) is 0 Å². The Morgan fingerprint density at radius 3 is 2.83 bits per heavy atom. The third-order valence-electron chi connectivity index (χ3n) is 3.22. The van der Waals surface area contributed by atoms with E-state index in [0.29, 0.717) is 5.92 Å². The number of ether oxygens (including phenoxy) is 1. The van der Waals surface area contributed by atoms with Gasteiger partial charge in [-0.15, -0.1) is 0 Å². The molecule has 0 saturated carbocycles. The molecule has 70 valence electrons. The number of hydrogen-bond acceptors (Lipinski definition) is 3. The van der Waals surface area contributed by atoms with Crippen LogP contribution in [0, 0.1) is 5.92 Å². The van der Waals surface area contributed by atoms with E-state index in [0.717, 1.165) is 13.2 Å². The van der Waals surface area contributed by atoms with Crippen molar-refractivity contribution in [3.63, 3.8) is 0 Å². The Morgan fingerprint density at radius 2 is 2.17 bits per heavy atom. The molecule has 2 nitrogen and oxygen atoms in total. The van der Waals surface area contributed by atoms with E-state index in [2.05, 4.69) is 0 Å². The highest BCUT2D eigenvalue weighted by atomic mass is 32.2. The summed E-state index contributed by atoms with van der Waals surface area (Å²) in [5, 5.41) is 0. The lowest BCUT2D eigenvalue weighted by Crippen LogP contribution is -2.42. The van der Waals surface area contributed by atoms with Gasteiger partial charge >= 0.3 is 0 Å². The van der Waals surface area contributed by atoms with Gasteiger partial charge in [-0.05, 0) is 37.3 Å². The number of thioether (sulfide) groups is 1. The number of hydrogen-bond donors (Lipinski definition) is 1. The van der Waals surface area contributed by atoms with Crippen LogP contribution in [0.5, 0.6) is 0 Å². The maximum atomic E-state index is 5.89. The van der Waals surface area contributed by atoms with Gasteiger partial charge in [0.15, 0.2) is 0 Å². The average Bonchev–Trinajstić information content (AvgIpc) is 2.49. The van der Waals surface area contributed by atoms with Crippen LogP contribution in [0.25, 0.3) is 0 Å². The van der Waals surface area contributed by atoms with Gasteiger partial charge in [-0.25, -0.2) is 0 Å². The van der Waals surface area contributed by atoms with Crippen LogP contribution in [-0.4, -0.2) is 30.3 Å². The van der Waals surface area contributed by atoms with Crippen LogP contribution < -0.4 is 5.73 Å². The van der Waals surface area contributed by atoms with Gasteiger partial charge < -0.3 is 10.5 Å². The topological polar surface area (TPSA) is 35.2 Å². The van der Waals surface area contributed by atoms with Gasteiger partial charge in [0.2, 0.25) is 0 Å². The molecule has 2 rings (SSSR count). The van der Waals surface area contributed by atoms with Crippen molar-refractivity contribution in [2.45, 2.75) is 24.9 Å². The Morgan fingerprint density at radius 1 is 1.42 bits per heavy atom. The molecule has 0 aliphatic carbocycles. The molecular weight excluding hydrogens is 170 g/mol. The normalized spacial score (nSPS) is 34.2. The van der Waals surface area contributed by atoms with Gasteiger partial charge in [-0.2, -0.15) is 11.8 Å². The molecule has 2 aliphatic heterocycles. The van der Waals surface area contributed by atoms with Crippen LogP contribution in [0.3, 0.4) is 0 Å². The third kappa shape index (κ3) is 1.38. The van der Waals surface area contributed by atoms with E-state index in [1.807, 2.05) is 11.8 Å². The summed E-state index contributed by atoms with van der Waals surface area (Å²) < 4.78 is 5.89. The second-order valence-corrected chi connectivity index (χ2v) is 4.97. The lowest BCUT2D eigenvalue weighted by atomic mass is 9.83. The quantitative estimate of drug-likeness (QED) is 0.671. The molecule has 12 heavy (non-hydrogen) atoms. The summed E-state index contributed by atoms with van der Waals surface area (Å²) in [5.41, 5.74) is 5.95. The molecule has 2 fully saturated rings. The second kappa shape index (κ2) is 3.56. The lowest BCUT2D eigenvalue weighted by Gasteiger charge is -2.37. The predicted octanol–water partition coefficient (Wildman–Crippen LogP) is 1.25. The summed E-state index contributed by atoms with van der Waals surface area (Å²) in [5.74, 6) is 3.16. The Hall–Kier alpha value is 0.270. The van der Waals surface area contributed by atoms with E-state index in [9.17, 15) is 0 Å². The summed E-state index contributed by atoms with van der Waals surface area (Å²) in [7, 11) is 0. The minimum absolute atomic E-state index is 0.194. The second-order valence-electron chi connectivity index (χ2n) is 3.75. The number of rotatable bonds is 1. The van der Waals surface area contributed by atoms with Crippen molar-refractivity contribution in [2.75, 3.05) is 24.7 Å². The number of nitrogens with two attached hydrogens (primary N) is 1. The van der Waals surface area contributed by atoms with Crippen molar-refractivity contribution in [3.05, 3.63) is 0 Å². The highest BCUT2D eigenvalue weighted by Crippen LogP contribution is 2.41. The molecule has 1 atom stereocenters. The summed E-state index contributed by atoms with van der Waals surface area (Å²) in [4.78, 5) is 0. The summed E-state index contributed by atoms with van der Waals surface area (Å²) in [6, 6.07) is 0. The van der Waals surface area contributed by atoms with Crippen LogP contribution >= 0.6 is 11.8 Å². The van der Waals surface area contributed by atoms with E-state index in [4.69, 9.17) is 10.5 Å². The zero-order valence-corrected chi connectivity index (χ0v) is 8.24. The Kier molecular flexibility index (Phi) is 2.63. The molecule has 2 aliphatic rings. The Labute approximate surface area is 78.2 Å². The van der Waals surface area contributed by atoms with Crippen molar-refractivity contribution in [2.24, 2.45) is 11.7 Å². The third-order valence-corrected chi connectivity index (χ3v) is 4.21. The van der Waals surface area contributed by atoms with E-state index in [1.165, 1.54) is 30.8 Å². The molecule has 0 aromatic heterocycles. The molecule has 1 spiro atoms. The molecular formula is C9H17NOS. The van der Waals surface area contributed by atoms with Crippen LogP contribution in [0.4, 0.5) is 0 Å². The fourth-order valence-electron chi connectivity index (χ4n) is 2.39. The largest absolute Gasteiger partial charge is 0.375 e. The first-order valence-electron chi connectivity index (χ1n) is 4.79. The summed E-state index contributed by atoms with van der Waals surface area (Å²) in [6.07, 6.45) is 3.63. The van der Waals surface area contributed by atoms with Gasteiger partial charge in [0, 0.05) is 12.5 Å². The van der Waals surface area contributed by atoms with Crippen LogP contribution in [0.2, 0.25) is 0 Å². The zero-order chi connectivity index (χ0) is 8.44.